The minimum absolute atomic E-state index is 0.148. The molecule has 0 saturated heterocycles. The van der Waals surface area contributed by atoms with E-state index in [9.17, 15) is 10.2 Å². The van der Waals surface area contributed by atoms with Gasteiger partial charge in [0.15, 0.2) is 11.5 Å². The number of hydrogen-bond acceptors (Lipinski definition) is 5. The molecule has 0 heterocycles. The third-order valence-corrected chi connectivity index (χ3v) is 2.82. The van der Waals surface area contributed by atoms with Gasteiger partial charge in [-0.1, -0.05) is 6.07 Å². The molecule has 0 bridgehead atoms. The number of aromatic hydroxyl groups is 1. The zero-order valence-electron chi connectivity index (χ0n) is 12.8. The number of likely N-dealkylation sites (N-methyl/N-ethyl adjacent to an activating group) is 1. The molecule has 0 saturated carbocycles. The van der Waals surface area contributed by atoms with Gasteiger partial charge >= 0.3 is 0 Å². The van der Waals surface area contributed by atoms with E-state index < -0.39 is 5.60 Å². The Bertz CT molecular complexity index is 420. The van der Waals surface area contributed by atoms with Crippen LogP contribution in [0.15, 0.2) is 18.2 Å². The first-order valence-electron chi connectivity index (χ1n) is 6.86. The number of phenols is 1. The van der Waals surface area contributed by atoms with Crippen LogP contribution in [0.3, 0.4) is 0 Å². The van der Waals surface area contributed by atoms with E-state index in [4.69, 9.17) is 4.74 Å². The number of aliphatic hydroxyl groups is 1. The van der Waals surface area contributed by atoms with Crippen molar-refractivity contribution in [3.05, 3.63) is 23.8 Å². The quantitative estimate of drug-likeness (QED) is 0.668. The first kappa shape index (κ1) is 16.8. The average molecular weight is 282 g/mol. The van der Waals surface area contributed by atoms with Crippen LogP contribution < -0.4 is 10.1 Å². The molecule has 0 fully saturated rings. The highest BCUT2D eigenvalue weighted by Crippen LogP contribution is 2.26. The standard InChI is InChI=1S/C15H26N2O3/c1-5-20-14-8-12(6-7-13(14)18)9-16-10-15(2,19)11-17(3)4/h6-8,16,18-19H,5,9-11H2,1-4H3. The van der Waals surface area contributed by atoms with Gasteiger partial charge in [-0.2, -0.15) is 0 Å². The largest absolute Gasteiger partial charge is 0.504 e. The topological polar surface area (TPSA) is 65.0 Å². The van der Waals surface area contributed by atoms with Crippen molar-refractivity contribution in [2.75, 3.05) is 33.8 Å². The third-order valence-electron chi connectivity index (χ3n) is 2.82. The molecule has 0 aliphatic rings. The van der Waals surface area contributed by atoms with E-state index in [1.807, 2.05) is 45.0 Å². The lowest BCUT2D eigenvalue weighted by molar-refractivity contribution is 0.0336. The molecule has 1 rings (SSSR count). The zero-order valence-corrected chi connectivity index (χ0v) is 12.8. The van der Waals surface area contributed by atoms with E-state index in [2.05, 4.69) is 5.32 Å². The summed E-state index contributed by atoms with van der Waals surface area (Å²) >= 11 is 0. The Morgan fingerprint density at radius 2 is 2.05 bits per heavy atom. The third kappa shape index (κ3) is 5.77. The molecule has 0 spiro atoms. The summed E-state index contributed by atoms with van der Waals surface area (Å²) in [6.45, 7) is 5.91. The smallest absolute Gasteiger partial charge is 0.161 e. The Labute approximate surface area is 121 Å². The van der Waals surface area contributed by atoms with Gasteiger partial charge in [-0.25, -0.2) is 0 Å². The molecular weight excluding hydrogens is 256 g/mol. The van der Waals surface area contributed by atoms with E-state index in [1.165, 1.54) is 0 Å². The van der Waals surface area contributed by atoms with Crippen LogP contribution in [0.25, 0.3) is 0 Å². The molecule has 20 heavy (non-hydrogen) atoms. The van der Waals surface area contributed by atoms with Gasteiger partial charge in [-0.15, -0.1) is 0 Å². The second-order valence-electron chi connectivity index (χ2n) is 5.57. The SMILES string of the molecule is CCOc1cc(CNCC(C)(O)CN(C)C)ccc1O. The Balaban J connectivity index is 2.51. The molecule has 5 heteroatoms. The van der Waals surface area contributed by atoms with Crippen molar-refractivity contribution in [3.8, 4) is 11.5 Å². The summed E-state index contributed by atoms with van der Waals surface area (Å²) in [5, 5.41) is 23.0. The average Bonchev–Trinajstić information content (AvgIpc) is 2.31. The molecule has 114 valence electrons. The fourth-order valence-corrected chi connectivity index (χ4v) is 2.15. The van der Waals surface area contributed by atoms with E-state index in [1.54, 1.807) is 6.07 Å². The maximum Gasteiger partial charge on any atom is 0.161 e. The first-order valence-corrected chi connectivity index (χ1v) is 6.86. The minimum Gasteiger partial charge on any atom is -0.504 e. The van der Waals surface area contributed by atoms with Crippen LogP contribution in [0.1, 0.15) is 19.4 Å². The molecule has 0 radical (unpaired) electrons. The monoisotopic (exact) mass is 282 g/mol. The Morgan fingerprint density at radius 3 is 2.65 bits per heavy atom. The van der Waals surface area contributed by atoms with E-state index >= 15 is 0 Å². The maximum absolute atomic E-state index is 10.2. The van der Waals surface area contributed by atoms with Gasteiger partial charge in [0.2, 0.25) is 0 Å². The number of nitrogens with one attached hydrogen (secondary N) is 1. The van der Waals surface area contributed by atoms with Gasteiger partial charge in [0, 0.05) is 19.6 Å². The summed E-state index contributed by atoms with van der Waals surface area (Å²) < 4.78 is 5.34. The summed E-state index contributed by atoms with van der Waals surface area (Å²) in [4.78, 5) is 1.95. The van der Waals surface area contributed by atoms with Crippen molar-refractivity contribution in [2.45, 2.75) is 26.0 Å². The molecular formula is C15H26N2O3. The highest BCUT2D eigenvalue weighted by molar-refractivity contribution is 5.41. The van der Waals surface area contributed by atoms with Crippen LogP contribution in [0, 0.1) is 0 Å². The normalized spacial score (nSPS) is 14.3. The van der Waals surface area contributed by atoms with Gasteiger partial charge in [0.1, 0.15) is 0 Å². The van der Waals surface area contributed by atoms with Crippen LogP contribution in [-0.2, 0) is 6.54 Å². The highest BCUT2D eigenvalue weighted by Gasteiger charge is 2.20. The van der Waals surface area contributed by atoms with E-state index in [0.29, 0.717) is 32.0 Å². The highest BCUT2D eigenvalue weighted by atomic mass is 16.5. The summed E-state index contributed by atoms with van der Waals surface area (Å²) in [6.07, 6.45) is 0. The van der Waals surface area contributed by atoms with Gasteiger partial charge in [-0.3, -0.25) is 0 Å². The van der Waals surface area contributed by atoms with Crippen molar-refractivity contribution in [1.29, 1.82) is 0 Å². The summed E-state index contributed by atoms with van der Waals surface area (Å²) in [6, 6.07) is 5.28. The number of hydrogen-bond donors (Lipinski definition) is 3. The molecule has 1 aromatic rings. The number of phenolic OH excluding ortho intramolecular Hbond substituents is 1. The van der Waals surface area contributed by atoms with Crippen molar-refractivity contribution in [3.63, 3.8) is 0 Å². The molecule has 1 unspecified atom stereocenters. The summed E-state index contributed by atoms with van der Waals surface area (Å²) in [5.41, 5.74) is 0.232. The minimum atomic E-state index is -0.775. The lowest BCUT2D eigenvalue weighted by Gasteiger charge is -2.27. The fourth-order valence-electron chi connectivity index (χ4n) is 2.15. The van der Waals surface area contributed by atoms with Crippen molar-refractivity contribution < 1.29 is 14.9 Å². The molecule has 0 amide bonds. The van der Waals surface area contributed by atoms with E-state index in [-0.39, 0.29) is 5.75 Å². The van der Waals surface area contributed by atoms with E-state index in [0.717, 1.165) is 5.56 Å². The van der Waals surface area contributed by atoms with Crippen molar-refractivity contribution in [1.82, 2.24) is 10.2 Å². The number of nitrogens with zero attached hydrogens (tertiary/aromatic N) is 1. The van der Waals surface area contributed by atoms with Crippen molar-refractivity contribution in [2.24, 2.45) is 0 Å². The second kappa shape index (κ2) is 7.47. The Hall–Kier alpha value is -1.30. The number of rotatable bonds is 8. The van der Waals surface area contributed by atoms with Crippen LogP contribution in [0.4, 0.5) is 0 Å². The molecule has 1 aromatic carbocycles. The molecule has 3 N–H and O–H groups in total. The molecule has 0 aromatic heterocycles. The first-order chi connectivity index (χ1) is 9.34. The fraction of sp³-hybridized carbons (Fsp3) is 0.600. The maximum atomic E-state index is 10.2. The predicted octanol–water partition coefficient (Wildman–Crippen LogP) is 1.19. The molecule has 5 nitrogen and oxygen atoms in total. The Morgan fingerprint density at radius 1 is 1.35 bits per heavy atom. The lowest BCUT2D eigenvalue weighted by atomic mass is 10.1. The summed E-state index contributed by atoms with van der Waals surface area (Å²) in [5.74, 6) is 0.641. The molecule has 1 atom stereocenters. The van der Waals surface area contributed by atoms with Crippen LogP contribution >= 0.6 is 0 Å². The van der Waals surface area contributed by atoms with Gasteiger partial charge in [-0.05, 0) is 45.6 Å². The zero-order chi connectivity index (χ0) is 15.2. The van der Waals surface area contributed by atoms with Gasteiger partial charge in [0.05, 0.1) is 12.2 Å². The molecule has 0 aliphatic heterocycles. The molecule has 0 aliphatic carbocycles. The van der Waals surface area contributed by atoms with Crippen molar-refractivity contribution >= 4 is 0 Å². The van der Waals surface area contributed by atoms with Gasteiger partial charge in [0.25, 0.3) is 0 Å². The van der Waals surface area contributed by atoms with Gasteiger partial charge < -0.3 is 25.2 Å². The summed E-state index contributed by atoms with van der Waals surface area (Å²) in [7, 11) is 3.87. The van der Waals surface area contributed by atoms with Crippen LogP contribution in [0.5, 0.6) is 11.5 Å². The second-order valence-corrected chi connectivity index (χ2v) is 5.57. The number of benzene rings is 1. The Kier molecular flexibility index (Phi) is 6.26. The number of ether oxygens (including phenoxy) is 1. The van der Waals surface area contributed by atoms with Crippen LogP contribution in [-0.4, -0.2) is 54.5 Å². The van der Waals surface area contributed by atoms with Crippen LogP contribution in [0.2, 0.25) is 0 Å². The lowest BCUT2D eigenvalue weighted by Crippen LogP contribution is -2.45. The predicted molar refractivity (Wildman–Crippen MR) is 80.2 cm³/mol.